The van der Waals surface area contributed by atoms with Crippen LogP contribution in [-0.4, -0.2) is 54.6 Å². The van der Waals surface area contributed by atoms with Crippen molar-refractivity contribution < 1.29 is 4.79 Å². The average molecular weight is 274 g/mol. The molecule has 1 aliphatic rings. The number of likely N-dealkylation sites (N-methyl/N-ethyl adjacent to an activating group) is 1. The molecule has 0 aliphatic carbocycles. The van der Waals surface area contributed by atoms with Crippen molar-refractivity contribution in [2.24, 2.45) is 0 Å². The zero-order chi connectivity index (χ0) is 14.4. The standard InChI is InChI=1S/C16H24N3O/c1-3-18-9-11-19(12-10-18)16(20)17-14(2)13-15-7-5-4-6-8-15/h4-8,14H,2-3,9-13H2,1H3,(H,17,20)/t14-/m0/s1. The van der Waals surface area contributed by atoms with E-state index in [4.69, 9.17) is 0 Å². The molecular formula is C16H24N3O. The van der Waals surface area contributed by atoms with Gasteiger partial charge in [-0.05, 0) is 25.5 Å². The molecule has 1 saturated heterocycles. The number of benzene rings is 1. The van der Waals surface area contributed by atoms with E-state index in [2.05, 4.69) is 36.2 Å². The third-order valence-corrected chi connectivity index (χ3v) is 3.76. The molecule has 0 bridgehead atoms. The monoisotopic (exact) mass is 274 g/mol. The van der Waals surface area contributed by atoms with E-state index < -0.39 is 0 Å². The second kappa shape index (κ2) is 7.29. The van der Waals surface area contributed by atoms with Crippen LogP contribution < -0.4 is 5.32 Å². The quantitative estimate of drug-likeness (QED) is 0.908. The van der Waals surface area contributed by atoms with Crippen LogP contribution in [0.25, 0.3) is 0 Å². The third-order valence-electron chi connectivity index (χ3n) is 3.76. The fourth-order valence-corrected chi connectivity index (χ4v) is 2.48. The Morgan fingerprint density at radius 3 is 2.50 bits per heavy atom. The minimum atomic E-state index is -0.0888. The summed E-state index contributed by atoms with van der Waals surface area (Å²) in [5.74, 6) is 0. The van der Waals surface area contributed by atoms with Crippen LogP contribution in [0.5, 0.6) is 0 Å². The Bertz CT molecular complexity index is 413. The van der Waals surface area contributed by atoms with E-state index in [9.17, 15) is 4.79 Å². The maximum Gasteiger partial charge on any atom is 0.317 e. The molecule has 0 saturated carbocycles. The largest absolute Gasteiger partial charge is 0.335 e. The van der Waals surface area contributed by atoms with Gasteiger partial charge in [-0.25, -0.2) is 4.79 Å². The van der Waals surface area contributed by atoms with Crippen molar-refractivity contribution in [2.75, 3.05) is 32.7 Å². The van der Waals surface area contributed by atoms with Crippen LogP contribution in [0.2, 0.25) is 0 Å². The zero-order valence-corrected chi connectivity index (χ0v) is 12.2. The molecule has 20 heavy (non-hydrogen) atoms. The Labute approximate surface area is 121 Å². The second-order valence-corrected chi connectivity index (χ2v) is 5.26. The maximum atomic E-state index is 12.2. The molecule has 109 valence electrons. The second-order valence-electron chi connectivity index (χ2n) is 5.26. The van der Waals surface area contributed by atoms with E-state index in [1.807, 2.05) is 23.1 Å². The Morgan fingerprint density at radius 2 is 1.90 bits per heavy atom. The van der Waals surface area contributed by atoms with Crippen molar-refractivity contribution in [3.05, 3.63) is 42.8 Å². The smallest absolute Gasteiger partial charge is 0.317 e. The highest BCUT2D eigenvalue weighted by Crippen LogP contribution is 2.05. The van der Waals surface area contributed by atoms with Crippen LogP contribution in [0.1, 0.15) is 12.5 Å². The van der Waals surface area contributed by atoms with Crippen LogP contribution >= 0.6 is 0 Å². The van der Waals surface area contributed by atoms with Crippen molar-refractivity contribution in [1.29, 1.82) is 0 Å². The van der Waals surface area contributed by atoms with E-state index in [0.717, 1.165) is 39.1 Å². The number of piperazine rings is 1. The van der Waals surface area contributed by atoms with Crippen LogP contribution in [0.15, 0.2) is 30.3 Å². The lowest BCUT2D eigenvalue weighted by molar-refractivity contribution is 0.141. The lowest BCUT2D eigenvalue weighted by Crippen LogP contribution is -2.53. The van der Waals surface area contributed by atoms with Gasteiger partial charge in [-0.2, -0.15) is 0 Å². The van der Waals surface area contributed by atoms with Gasteiger partial charge in [0.25, 0.3) is 0 Å². The summed E-state index contributed by atoms with van der Waals surface area (Å²) < 4.78 is 0. The first-order valence-electron chi connectivity index (χ1n) is 7.34. The molecule has 0 spiro atoms. The number of carbonyl (C=O) groups is 1. The SMILES string of the molecule is [CH2][C@@H](Cc1ccccc1)NC(=O)N1CCN(CC)CC1. The minimum Gasteiger partial charge on any atom is -0.335 e. The van der Waals surface area contributed by atoms with Gasteiger partial charge in [0.1, 0.15) is 0 Å². The number of hydrogen-bond acceptors (Lipinski definition) is 2. The first-order valence-corrected chi connectivity index (χ1v) is 7.34. The Morgan fingerprint density at radius 1 is 1.25 bits per heavy atom. The summed E-state index contributed by atoms with van der Waals surface area (Å²) in [6.07, 6.45) is 0.765. The molecule has 1 fully saturated rings. The highest BCUT2D eigenvalue weighted by atomic mass is 16.2. The molecule has 1 radical (unpaired) electrons. The number of carbonyl (C=O) groups excluding carboxylic acids is 1. The molecule has 1 heterocycles. The van der Waals surface area contributed by atoms with Gasteiger partial charge in [-0.1, -0.05) is 37.3 Å². The fraction of sp³-hybridized carbons (Fsp3) is 0.500. The molecule has 1 atom stereocenters. The van der Waals surface area contributed by atoms with Gasteiger partial charge in [-0.3, -0.25) is 0 Å². The van der Waals surface area contributed by atoms with Gasteiger partial charge in [0, 0.05) is 32.2 Å². The summed E-state index contributed by atoms with van der Waals surface area (Å²) in [5, 5.41) is 2.99. The number of nitrogens with zero attached hydrogens (tertiary/aromatic N) is 2. The normalized spacial score (nSPS) is 17.8. The van der Waals surface area contributed by atoms with Gasteiger partial charge in [0.15, 0.2) is 0 Å². The van der Waals surface area contributed by atoms with Crippen LogP contribution in [0.4, 0.5) is 4.79 Å². The van der Waals surface area contributed by atoms with Crippen molar-refractivity contribution in [2.45, 2.75) is 19.4 Å². The third kappa shape index (κ3) is 4.23. The van der Waals surface area contributed by atoms with Gasteiger partial charge in [0.05, 0.1) is 0 Å². The average Bonchev–Trinajstić information content (AvgIpc) is 2.48. The lowest BCUT2D eigenvalue weighted by Gasteiger charge is -2.34. The number of nitrogens with one attached hydrogen (secondary N) is 1. The molecule has 0 unspecified atom stereocenters. The van der Waals surface area contributed by atoms with E-state index in [1.54, 1.807) is 0 Å². The molecule has 2 rings (SSSR count). The zero-order valence-electron chi connectivity index (χ0n) is 12.2. The fourth-order valence-electron chi connectivity index (χ4n) is 2.48. The van der Waals surface area contributed by atoms with Crippen LogP contribution in [0, 0.1) is 6.92 Å². The molecule has 0 aromatic heterocycles. The van der Waals surface area contributed by atoms with Crippen LogP contribution in [0.3, 0.4) is 0 Å². The topological polar surface area (TPSA) is 35.6 Å². The van der Waals surface area contributed by atoms with E-state index in [1.165, 1.54) is 5.56 Å². The molecule has 4 heteroatoms. The highest BCUT2D eigenvalue weighted by Gasteiger charge is 2.21. The molecule has 4 nitrogen and oxygen atoms in total. The summed E-state index contributed by atoms with van der Waals surface area (Å²) in [7, 11) is 0. The lowest BCUT2D eigenvalue weighted by atomic mass is 10.1. The molecule has 1 aromatic rings. The molecule has 2 amide bonds. The summed E-state index contributed by atoms with van der Waals surface area (Å²) in [6.45, 7) is 10.8. The van der Waals surface area contributed by atoms with Gasteiger partial charge in [-0.15, -0.1) is 0 Å². The van der Waals surface area contributed by atoms with E-state index >= 15 is 0 Å². The Hall–Kier alpha value is -1.55. The van der Waals surface area contributed by atoms with Gasteiger partial charge >= 0.3 is 6.03 Å². The predicted molar refractivity (Wildman–Crippen MR) is 81.5 cm³/mol. The number of amides is 2. The van der Waals surface area contributed by atoms with Crippen molar-refractivity contribution >= 4 is 6.03 Å². The minimum absolute atomic E-state index is 0.0108. The summed E-state index contributed by atoms with van der Waals surface area (Å²) in [5.41, 5.74) is 1.20. The molecule has 1 aliphatic heterocycles. The predicted octanol–water partition coefficient (Wildman–Crippen LogP) is 1.78. The first kappa shape index (κ1) is 14.9. The molecule has 1 N–H and O–H groups in total. The Balaban J connectivity index is 1.77. The van der Waals surface area contributed by atoms with Crippen molar-refractivity contribution in [3.8, 4) is 0 Å². The summed E-state index contributed by atoms with van der Waals surface area (Å²) in [6, 6.07) is 10.1. The van der Waals surface area contributed by atoms with Crippen LogP contribution in [-0.2, 0) is 6.42 Å². The first-order chi connectivity index (χ1) is 9.69. The van der Waals surface area contributed by atoms with E-state index in [0.29, 0.717) is 0 Å². The summed E-state index contributed by atoms with van der Waals surface area (Å²) >= 11 is 0. The molecule has 1 aromatic carbocycles. The van der Waals surface area contributed by atoms with Crippen molar-refractivity contribution in [1.82, 2.24) is 15.1 Å². The number of hydrogen-bond donors (Lipinski definition) is 1. The van der Waals surface area contributed by atoms with Crippen molar-refractivity contribution in [3.63, 3.8) is 0 Å². The van der Waals surface area contributed by atoms with Gasteiger partial charge < -0.3 is 15.1 Å². The molecular weight excluding hydrogens is 250 g/mol. The number of urea groups is 1. The van der Waals surface area contributed by atoms with E-state index in [-0.39, 0.29) is 12.1 Å². The van der Waals surface area contributed by atoms with Gasteiger partial charge in [0.2, 0.25) is 0 Å². The Kier molecular flexibility index (Phi) is 5.41. The highest BCUT2D eigenvalue weighted by molar-refractivity contribution is 5.74. The maximum absolute atomic E-state index is 12.2. The summed E-state index contributed by atoms with van der Waals surface area (Å²) in [4.78, 5) is 16.4. The number of rotatable bonds is 4.